The summed E-state index contributed by atoms with van der Waals surface area (Å²) in [5, 5.41) is 11.7. The van der Waals surface area contributed by atoms with E-state index in [9.17, 15) is 14.8 Å². The molecule has 7 heteroatoms. The normalized spacial score (nSPS) is 11.2. The van der Waals surface area contributed by atoms with Gasteiger partial charge in [-0.25, -0.2) is 9.78 Å². The van der Waals surface area contributed by atoms with Crippen molar-refractivity contribution in [3.63, 3.8) is 0 Å². The highest BCUT2D eigenvalue weighted by atomic mass is 16.5. The lowest BCUT2D eigenvalue weighted by atomic mass is 10.5. The molecule has 0 saturated heterocycles. The molecule has 2 heterocycles. The average molecular weight is 223 g/mol. The Balaban J connectivity index is 3.13. The minimum atomic E-state index is -0.611. The first-order chi connectivity index (χ1) is 7.49. The van der Waals surface area contributed by atoms with E-state index in [-0.39, 0.29) is 17.0 Å². The maximum absolute atomic E-state index is 11.7. The Hall–Kier alpha value is -2.05. The minimum Gasteiger partial charge on any atom is -0.804 e. The van der Waals surface area contributed by atoms with Gasteiger partial charge in [-0.05, 0) is 0 Å². The second kappa shape index (κ2) is 3.22. The molecule has 7 nitrogen and oxygen atoms in total. The summed E-state index contributed by atoms with van der Waals surface area (Å²) in [7, 11) is 2.82. The Bertz CT molecular complexity index is 677. The first-order valence-electron chi connectivity index (χ1n) is 4.83. The molecule has 0 amide bonds. The predicted octanol–water partition coefficient (Wildman–Crippen LogP) is -0.658. The van der Waals surface area contributed by atoms with Gasteiger partial charge < -0.3 is 9.94 Å². The Labute approximate surface area is 90.1 Å². The van der Waals surface area contributed by atoms with Crippen LogP contribution < -0.4 is 11.2 Å². The van der Waals surface area contributed by atoms with Crippen molar-refractivity contribution in [2.75, 3.05) is 0 Å². The van der Waals surface area contributed by atoms with Gasteiger partial charge in [0.05, 0.1) is 0 Å². The molecule has 2 aromatic heterocycles. The molecule has 0 bridgehead atoms. The maximum Gasteiger partial charge on any atom is 0.332 e. The van der Waals surface area contributed by atoms with Gasteiger partial charge >= 0.3 is 5.69 Å². The number of imidazole rings is 1. The summed E-state index contributed by atoms with van der Waals surface area (Å²) in [6.45, 7) is 1.76. The predicted molar refractivity (Wildman–Crippen MR) is 58.4 cm³/mol. The van der Waals surface area contributed by atoms with Gasteiger partial charge in [0.25, 0.3) is 5.56 Å². The van der Waals surface area contributed by atoms with Gasteiger partial charge in [0.1, 0.15) is 11.3 Å². The van der Waals surface area contributed by atoms with E-state index < -0.39 is 11.2 Å². The van der Waals surface area contributed by atoms with Crippen LogP contribution in [-0.4, -0.2) is 18.8 Å². The molecule has 2 aromatic rings. The van der Waals surface area contributed by atoms with Crippen molar-refractivity contribution in [2.45, 2.75) is 13.3 Å². The van der Waals surface area contributed by atoms with Gasteiger partial charge in [-0.1, -0.05) is 6.92 Å². The van der Waals surface area contributed by atoms with Crippen LogP contribution in [0.2, 0.25) is 0 Å². The highest BCUT2D eigenvalue weighted by Gasteiger charge is 2.13. The van der Waals surface area contributed by atoms with Crippen LogP contribution in [0.25, 0.3) is 11.2 Å². The Morgan fingerprint density at radius 2 is 1.88 bits per heavy atom. The van der Waals surface area contributed by atoms with Crippen molar-refractivity contribution in [2.24, 2.45) is 14.1 Å². The van der Waals surface area contributed by atoms with E-state index in [0.29, 0.717) is 11.2 Å². The fourth-order valence-electron chi connectivity index (χ4n) is 1.64. The lowest BCUT2D eigenvalue weighted by Crippen LogP contribution is -2.37. The number of aromatic nitrogens is 4. The third kappa shape index (κ3) is 1.11. The number of nitrogens with zero attached hydrogens (tertiary/aromatic N) is 4. The molecular formula is C9H11N4O3-. The van der Waals surface area contributed by atoms with Crippen molar-refractivity contribution < 1.29 is 0 Å². The van der Waals surface area contributed by atoms with Crippen molar-refractivity contribution in [3.05, 3.63) is 31.9 Å². The number of rotatable bonds is 1. The molecule has 0 fully saturated rings. The van der Waals surface area contributed by atoms with Crippen LogP contribution in [0.3, 0.4) is 0 Å². The fraction of sp³-hybridized carbons (Fsp3) is 0.444. The van der Waals surface area contributed by atoms with Crippen molar-refractivity contribution >= 4 is 11.2 Å². The largest absolute Gasteiger partial charge is 0.804 e. The van der Waals surface area contributed by atoms with Crippen LogP contribution in [0.4, 0.5) is 0 Å². The molecule has 0 aliphatic carbocycles. The summed E-state index contributed by atoms with van der Waals surface area (Å²) in [5.41, 5.74) is -1.04. The SMILES string of the molecule is CCc1nc2c(c(=O)n(C)c(=O)n2C)n1[O-]. The minimum absolute atomic E-state index is 0.0820. The molecule has 2 rings (SSSR count). The molecule has 0 aliphatic heterocycles. The maximum atomic E-state index is 11.7. The van der Waals surface area contributed by atoms with Crippen LogP contribution in [0.5, 0.6) is 0 Å². The molecule has 86 valence electrons. The van der Waals surface area contributed by atoms with E-state index in [1.165, 1.54) is 18.7 Å². The highest BCUT2D eigenvalue weighted by molar-refractivity contribution is 5.71. The molecule has 0 spiro atoms. The van der Waals surface area contributed by atoms with Crippen LogP contribution in [0, 0.1) is 5.21 Å². The standard InChI is InChI=1S/C9H11N4O3/c1-4-5-10-7-6(13(5)16)8(14)12(3)9(15)11(7)2/h4H2,1-3H3/q-1. The highest BCUT2D eigenvalue weighted by Crippen LogP contribution is 2.09. The quantitative estimate of drug-likeness (QED) is 0.642. The third-order valence-electron chi connectivity index (χ3n) is 2.60. The fourth-order valence-corrected chi connectivity index (χ4v) is 1.64. The topological polar surface area (TPSA) is 84.9 Å². The summed E-state index contributed by atoms with van der Waals surface area (Å²) >= 11 is 0. The Morgan fingerprint density at radius 1 is 1.25 bits per heavy atom. The van der Waals surface area contributed by atoms with Crippen LogP contribution in [-0.2, 0) is 20.5 Å². The van der Waals surface area contributed by atoms with E-state index in [1.807, 2.05) is 0 Å². The molecule has 0 radical (unpaired) electrons. The van der Waals surface area contributed by atoms with Crippen molar-refractivity contribution in [1.29, 1.82) is 0 Å². The monoisotopic (exact) mass is 223 g/mol. The average Bonchev–Trinajstić information content (AvgIpc) is 2.61. The van der Waals surface area contributed by atoms with Crippen LogP contribution >= 0.6 is 0 Å². The van der Waals surface area contributed by atoms with E-state index >= 15 is 0 Å². The van der Waals surface area contributed by atoms with Crippen LogP contribution in [0.15, 0.2) is 9.59 Å². The summed E-state index contributed by atoms with van der Waals surface area (Å²) in [6.07, 6.45) is 0.412. The number of hydrogen-bond donors (Lipinski definition) is 0. The Morgan fingerprint density at radius 3 is 2.44 bits per heavy atom. The van der Waals surface area contributed by atoms with Gasteiger partial charge in [0, 0.05) is 20.5 Å². The molecule has 0 aromatic carbocycles. The molecule has 0 N–H and O–H groups in total. The van der Waals surface area contributed by atoms with Gasteiger partial charge in [-0.3, -0.25) is 13.9 Å². The third-order valence-corrected chi connectivity index (χ3v) is 2.60. The second-order valence-corrected chi connectivity index (χ2v) is 3.55. The first kappa shape index (κ1) is 10.5. The molecular weight excluding hydrogens is 212 g/mol. The second-order valence-electron chi connectivity index (χ2n) is 3.55. The summed E-state index contributed by atoms with van der Waals surface area (Å²) in [5.74, 6) is 0.244. The van der Waals surface area contributed by atoms with Crippen LogP contribution in [0.1, 0.15) is 12.7 Å². The molecule has 0 atom stereocenters. The molecule has 0 saturated carbocycles. The van der Waals surface area contributed by atoms with E-state index in [4.69, 9.17) is 0 Å². The van der Waals surface area contributed by atoms with E-state index in [0.717, 1.165) is 4.57 Å². The summed E-state index contributed by atoms with van der Waals surface area (Å²) < 4.78 is 2.60. The number of hydrogen-bond acceptors (Lipinski definition) is 4. The zero-order chi connectivity index (χ0) is 12.0. The lowest BCUT2D eigenvalue weighted by molar-refractivity contribution is 0.707. The number of aryl methyl sites for hydroxylation is 2. The van der Waals surface area contributed by atoms with Gasteiger partial charge in [-0.2, -0.15) is 0 Å². The first-order valence-corrected chi connectivity index (χ1v) is 4.83. The van der Waals surface area contributed by atoms with Gasteiger partial charge in [-0.15, -0.1) is 0 Å². The Kier molecular flexibility index (Phi) is 2.11. The van der Waals surface area contributed by atoms with E-state index in [2.05, 4.69) is 4.98 Å². The summed E-state index contributed by atoms with van der Waals surface area (Å²) in [4.78, 5) is 27.3. The zero-order valence-electron chi connectivity index (χ0n) is 9.22. The van der Waals surface area contributed by atoms with Gasteiger partial charge in [0.2, 0.25) is 0 Å². The van der Waals surface area contributed by atoms with Crippen molar-refractivity contribution in [1.82, 2.24) is 18.8 Å². The molecule has 16 heavy (non-hydrogen) atoms. The van der Waals surface area contributed by atoms with Gasteiger partial charge in [0.15, 0.2) is 5.65 Å². The summed E-state index contributed by atoms with van der Waals surface area (Å²) in [6, 6.07) is 0. The molecule has 0 aliphatic rings. The lowest BCUT2D eigenvalue weighted by Gasteiger charge is -2.10. The number of fused-ring (bicyclic) bond motifs is 1. The smallest absolute Gasteiger partial charge is 0.332 e. The zero-order valence-corrected chi connectivity index (χ0v) is 9.22. The van der Waals surface area contributed by atoms with E-state index in [1.54, 1.807) is 6.92 Å². The molecule has 0 unspecified atom stereocenters. The van der Waals surface area contributed by atoms with Crippen molar-refractivity contribution in [3.8, 4) is 0 Å².